The predicted molar refractivity (Wildman–Crippen MR) is 99.9 cm³/mol. The second-order valence-electron chi connectivity index (χ2n) is 6.54. The minimum atomic E-state index is -0.196. The molecule has 2 N–H and O–H groups in total. The maximum absolute atomic E-state index is 13.0. The highest BCUT2D eigenvalue weighted by Crippen LogP contribution is 2.44. The second-order valence-corrected chi connectivity index (χ2v) is 6.54. The number of aromatic nitrogens is 2. The normalized spacial score (nSPS) is 16.1. The van der Waals surface area contributed by atoms with Crippen molar-refractivity contribution in [1.29, 1.82) is 0 Å². The van der Waals surface area contributed by atoms with E-state index in [0.29, 0.717) is 23.5 Å². The molecule has 0 saturated heterocycles. The van der Waals surface area contributed by atoms with Crippen molar-refractivity contribution in [2.75, 3.05) is 6.54 Å². The van der Waals surface area contributed by atoms with Gasteiger partial charge in [-0.3, -0.25) is 9.89 Å². The van der Waals surface area contributed by atoms with Crippen LogP contribution in [0.4, 0.5) is 0 Å². The molecule has 1 aliphatic heterocycles. The molecule has 26 heavy (non-hydrogen) atoms. The van der Waals surface area contributed by atoms with Gasteiger partial charge in [0.05, 0.1) is 6.04 Å². The summed E-state index contributed by atoms with van der Waals surface area (Å²) < 4.78 is 0. The lowest BCUT2D eigenvalue weighted by molar-refractivity contribution is 0.0741. The third kappa shape index (κ3) is 2.56. The van der Waals surface area contributed by atoms with Crippen LogP contribution >= 0.6 is 0 Å². The summed E-state index contributed by atoms with van der Waals surface area (Å²) in [4.78, 5) is 14.9. The van der Waals surface area contributed by atoms with Crippen LogP contribution in [0, 0.1) is 0 Å². The number of para-hydroxylation sites is 1. The lowest BCUT2D eigenvalue weighted by Gasteiger charge is -2.26. The van der Waals surface area contributed by atoms with Crippen molar-refractivity contribution < 1.29 is 9.90 Å². The zero-order valence-corrected chi connectivity index (χ0v) is 14.6. The fourth-order valence-electron chi connectivity index (χ4n) is 3.62. The quantitative estimate of drug-likeness (QED) is 0.729. The van der Waals surface area contributed by atoms with Crippen molar-refractivity contribution >= 4 is 5.91 Å². The van der Waals surface area contributed by atoms with Gasteiger partial charge >= 0.3 is 0 Å². The molecule has 132 valence electrons. The highest BCUT2D eigenvalue weighted by Gasteiger charge is 2.41. The summed E-state index contributed by atoms with van der Waals surface area (Å²) in [6, 6.07) is 16.9. The molecule has 0 spiro atoms. The molecule has 2 heterocycles. The van der Waals surface area contributed by atoms with Crippen LogP contribution in [0.3, 0.4) is 0 Å². The largest absolute Gasteiger partial charge is 0.507 e. The summed E-state index contributed by atoms with van der Waals surface area (Å²) in [5, 5.41) is 17.6. The number of amides is 1. The molecule has 2 aromatic carbocycles. The van der Waals surface area contributed by atoms with E-state index in [-0.39, 0.29) is 17.7 Å². The van der Waals surface area contributed by atoms with E-state index in [1.807, 2.05) is 47.4 Å². The van der Waals surface area contributed by atoms with Gasteiger partial charge < -0.3 is 10.0 Å². The molecule has 3 aromatic rings. The van der Waals surface area contributed by atoms with Gasteiger partial charge in [-0.1, -0.05) is 55.8 Å². The summed E-state index contributed by atoms with van der Waals surface area (Å²) in [7, 11) is 0. The van der Waals surface area contributed by atoms with Crippen molar-refractivity contribution in [3.05, 3.63) is 71.4 Å². The molecular formula is C21H21N3O2. The van der Waals surface area contributed by atoms with Crippen LogP contribution in [0.5, 0.6) is 5.75 Å². The topological polar surface area (TPSA) is 69.2 Å². The first kappa shape index (κ1) is 16.4. The van der Waals surface area contributed by atoms with Crippen LogP contribution in [0.2, 0.25) is 0 Å². The van der Waals surface area contributed by atoms with Gasteiger partial charge in [0.1, 0.15) is 17.1 Å². The van der Waals surface area contributed by atoms with Gasteiger partial charge in [-0.15, -0.1) is 0 Å². The monoisotopic (exact) mass is 347 g/mol. The molecule has 1 aliphatic rings. The fourth-order valence-corrected chi connectivity index (χ4v) is 3.62. The third-order valence-corrected chi connectivity index (χ3v) is 4.89. The van der Waals surface area contributed by atoms with Crippen molar-refractivity contribution in [1.82, 2.24) is 15.1 Å². The number of aromatic hydroxyl groups is 1. The Bertz CT molecular complexity index is 933. The van der Waals surface area contributed by atoms with Crippen LogP contribution in [-0.4, -0.2) is 32.7 Å². The molecule has 0 unspecified atom stereocenters. The Morgan fingerprint density at radius 2 is 1.85 bits per heavy atom. The Hall–Kier alpha value is -3.08. The van der Waals surface area contributed by atoms with Crippen LogP contribution in [0.25, 0.3) is 11.3 Å². The van der Waals surface area contributed by atoms with Gasteiger partial charge in [0.25, 0.3) is 5.91 Å². The Labute approximate surface area is 152 Å². The van der Waals surface area contributed by atoms with Crippen molar-refractivity contribution in [3.8, 4) is 17.0 Å². The van der Waals surface area contributed by atoms with Gasteiger partial charge in [0, 0.05) is 17.7 Å². The first-order valence-corrected chi connectivity index (χ1v) is 8.95. The molecule has 1 aromatic heterocycles. The van der Waals surface area contributed by atoms with E-state index in [1.54, 1.807) is 12.1 Å². The number of fused-ring (bicyclic) bond motifs is 1. The molecule has 0 radical (unpaired) electrons. The number of phenolic OH excluding ortho intramolecular Hbond substituents is 1. The molecule has 0 aliphatic carbocycles. The number of rotatable bonds is 5. The van der Waals surface area contributed by atoms with Gasteiger partial charge in [0.15, 0.2) is 0 Å². The Morgan fingerprint density at radius 3 is 2.58 bits per heavy atom. The lowest BCUT2D eigenvalue weighted by Crippen LogP contribution is -2.30. The fraction of sp³-hybridized carbons (Fsp3) is 0.238. The van der Waals surface area contributed by atoms with Crippen LogP contribution in [0.1, 0.15) is 47.4 Å². The summed E-state index contributed by atoms with van der Waals surface area (Å²) in [5.41, 5.74) is 3.69. The highest BCUT2D eigenvalue weighted by molar-refractivity contribution is 6.00. The maximum Gasteiger partial charge on any atom is 0.273 e. The number of unbranched alkanes of at least 4 members (excludes halogenated alkanes) is 1. The van der Waals surface area contributed by atoms with E-state index in [2.05, 4.69) is 17.1 Å². The minimum Gasteiger partial charge on any atom is -0.507 e. The molecule has 0 bridgehead atoms. The third-order valence-electron chi connectivity index (χ3n) is 4.89. The van der Waals surface area contributed by atoms with Gasteiger partial charge in [-0.05, 0) is 24.1 Å². The standard InChI is InChI=1S/C21H21N3O2/c1-2-3-13-24-20(14-9-5-4-6-10-14)17-18(22-23-19(17)21(24)26)15-11-7-8-12-16(15)25/h4-12,20,25H,2-3,13H2,1H3,(H,22,23)/t20-/m1/s1. The number of carbonyl (C=O) groups is 1. The van der Waals surface area contributed by atoms with Crippen molar-refractivity contribution in [2.45, 2.75) is 25.8 Å². The second kappa shape index (κ2) is 6.67. The van der Waals surface area contributed by atoms with E-state index >= 15 is 0 Å². The highest BCUT2D eigenvalue weighted by atomic mass is 16.3. The van der Waals surface area contributed by atoms with E-state index in [0.717, 1.165) is 24.0 Å². The average molecular weight is 347 g/mol. The van der Waals surface area contributed by atoms with E-state index in [1.165, 1.54) is 0 Å². The zero-order valence-electron chi connectivity index (χ0n) is 14.6. The number of hydrogen-bond acceptors (Lipinski definition) is 3. The SMILES string of the molecule is CCCCN1C(=O)c2[nH]nc(-c3ccccc3O)c2[C@H]1c1ccccc1. The number of aromatic amines is 1. The van der Waals surface area contributed by atoms with E-state index in [4.69, 9.17) is 0 Å². The molecule has 1 atom stereocenters. The number of hydrogen-bond donors (Lipinski definition) is 2. The van der Waals surface area contributed by atoms with Gasteiger partial charge in [-0.2, -0.15) is 5.10 Å². The Kier molecular flexibility index (Phi) is 4.21. The number of phenols is 1. The van der Waals surface area contributed by atoms with Crippen LogP contribution in [-0.2, 0) is 0 Å². The summed E-state index contributed by atoms with van der Waals surface area (Å²) in [6.45, 7) is 2.81. The molecule has 5 nitrogen and oxygen atoms in total. The van der Waals surface area contributed by atoms with Crippen molar-refractivity contribution in [3.63, 3.8) is 0 Å². The predicted octanol–water partition coefficient (Wildman–Crippen LogP) is 4.13. The van der Waals surface area contributed by atoms with Crippen LogP contribution in [0.15, 0.2) is 54.6 Å². The molecular weight excluding hydrogens is 326 g/mol. The minimum absolute atomic E-state index is 0.0310. The molecule has 1 amide bonds. The first-order chi connectivity index (χ1) is 12.7. The van der Waals surface area contributed by atoms with Crippen molar-refractivity contribution in [2.24, 2.45) is 0 Å². The maximum atomic E-state index is 13.0. The van der Waals surface area contributed by atoms with E-state index in [9.17, 15) is 9.90 Å². The van der Waals surface area contributed by atoms with Gasteiger partial charge in [-0.25, -0.2) is 0 Å². The molecule has 0 fully saturated rings. The average Bonchev–Trinajstić information content (AvgIpc) is 3.20. The summed E-state index contributed by atoms with van der Waals surface area (Å²) in [6.07, 6.45) is 1.96. The number of benzene rings is 2. The zero-order chi connectivity index (χ0) is 18.1. The summed E-state index contributed by atoms with van der Waals surface area (Å²) in [5.74, 6) is 0.129. The molecule has 0 saturated carbocycles. The number of nitrogens with one attached hydrogen (secondary N) is 1. The van der Waals surface area contributed by atoms with E-state index < -0.39 is 0 Å². The van der Waals surface area contributed by atoms with Gasteiger partial charge in [0.2, 0.25) is 0 Å². The lowest BCUT2D eigenvalue weighted by atomic mass is 9.95. The summed E-state index contributed by atoms with van der Waals surface area (Å²) >= 11 is 0. The Morgan fingerprint density at radius 1 is 1.12 bits per heavy atom. The number of carbonyl (C=O) groups excluding carboxylic acids is 1. The first-order valence-electron chi connectivity index (χ1n) is 8.95. The number of nitrogens with zero attached hydrogens (tertiary/aromatic N) is 2. The smallest absolute Gasteiger partial charge is 0.273 e. The molecule has 5 heteroatoms. The molecule has 4 rings (SSSR count). The Balaban J connectivity index is 1.88. The number of H-pyrrole nitrogens is 1. The van der Waals surface area contributed by atoms with Crippen LogP contribution < -0.4 is 0 Å².